The van der Waals surface area contributed by atoms with Crippen molar-refractivity contribution in [2.24, 2.45) is 5.73 Å². The molecule has 0 bridgehead atoms. The van der Waals surface area contributed by atoms with Gasteiger partial charge >= 0.3 is 0 Å². The fourth-order valence-corrected chi connectivity index (χ4v) is 2.67. The van der Waals surface area contributed by atoms with Gasteiger partial charge in [0.25, 0.3) is 0 Å². The fraction of sp³-hybridized carbons (Fsp3) is 0.294. The van der Waals surface area contributed by atoms with E-state index in [1.54, 1.807) is 7.11 Å². The van der Waals surface area contributed by atoms with Crippen molar-refractivity contribution < 1.29 is 4.74 Å². The average Bonchev–Trinajstić information content (AvgIpc) is 2.47. The van der Waals surface area contributed by atoms with Crippen molar-refractivity contribution >= 4 is 21.6 Å². The van der Waals surface area contributed by atoms with Crippen LogP contribution < -0.4 is 15.4 Å². The number of ether oxygens (including phenoxy) is 1. The Balaban J connectivity index is 2.22. The van der Waals surface area contributed by atoms with E-state index in [2.05, 4.69) is 52.1 Å². The van der Waals surface area contributed by atoms with Crippen LogP contribution in [-0.2, 0) is 6.54 Å². The third-order valence-electron chi connectivity index (χ3n) is 3.47. The van der Waals surface area contributed by atoms with Crippen molar-refractivity contribution in [2.45, 2.75) is 19.5 Å². The molecule has 2 aromatic rings. The van der Waals surface area contributed by atoms with Gasteiger partial charge in [-0.15, -0.1) is 0 Å². The maximum atomic E-state index is 6.08. The minimum Gasteiger partial charge on any atom is -0.497 e. The molecule has 4 heteroatoms. The second-order valence-corrected chi connectivity index (χ2v) is 6.11. The molecule has 2 rings (SSSR count). The van der Waals surface area contributed by atoms with Gasteiger partial charge in [0.2, 0.25) is 0 Å². The van der Waals surface area contributed by atoms with Crippen LogP contribution in [-0.4, -0.2) is 14.2 Å². The summed E-state index contributed by atoms with van der Waals surface area (Å²) in [5.41, 5.74) is 9.60. The molecule has 0 spiro atoms. The Morgan fingerprint density at radius 1 is 1.19 bits per heavy atom. The van der Waals surface area contributed by atoms with Gasteiger partial charge in [-0.3, -0.25) is 0 Å². The van der Waals surface area contributed by atoms with Crippen LogP contribution in [0.25, 0.3) is 0 Å². The van der Waals surface area contributed by atoms with Gasteiger partial charge in [0.15, 0.2) is 0 Å². The second kappa shape index (κ2) is 6.96. The minimum atomic E-state index is 0.00594. The highest BCUT2D eigenvalue weighted by molar-refractivity contribution is 9.10. The van der Waals surface area contributed by atoms with E-state index in [1.165, 1.54) is 5.56 Å². The summed E-state index contributed by atoms with van der Waals surface area (Å²) in [6.45, 7) is 2.83. The highest BCUT2D eigenvalue weighted by atomic mass is 79.9. The molecule has 0 fully saturated rings. The number of methoxy groups -OCH3 is 1. The molecule has 0 heterocycles. The van der Waals surface area contributed by atoms with Crippen LogP contribution in [0.15, 0.2) is 46.9 Å². The molecule has 3 nitrogen and oxygen atoms in total. The highest BCUT2D eigenvalue weighted by Gasteiger charge is 2.12. The molecule has 0 saturated heterocycles. The molecule has 1 unspecified atom stereocenters. The van der Waals surface area contributed by atoms with Crippen molar-refractivity contribution in [1.82, 2.24) is 0 Å². The van der Waals surface area contributed by atoms with E-state index in [4.69, 9.17) is 10.5 Å². The molecule has 2 N–H and O–H groups in total. The monoisotopic (exact) mass is 348 g/mol. The third-order valence-corrected chi connectivity index (χ3v) is 3.97. The van der Waals surface area contributed by atoms with Gasteiger partial charge in [0.1, 0.15) is 5.75 Å². The Morgan fingerprint density at radius 3 is 2.43 bits per heavy atom. The molecule has 0 radical (unpaired) electrons. The predicted octanol–water partition coefficient (Wildman–Crippen LogP) is 4.11. The number of benzene rings is 2. The zero-order chi connectivity index (χ0) is 15.4. The molecule has 0 saturated carbocycles. The van der Waals surface area contributed by atoms with Crippen LogP contribution in [0.4, 0.5) is 5.69 Å². The summed E-state index contributed by atoms with van der Waals surface area (Å²) < 4.78 is 6.25. The summed E-state index contributed by atoms with van der Waals surface area (Å²) in [6.07, 6.45) is 0. The van der Waals surface area contributed by atoms with E-state index in [-0.39, 0.29) is 6.04 Å². The highest BCUT2D eigenvalue weighted by Crippen LogP contribution is 2.29. The van der Waals surface area contributed by atoms with Crippen molar-refractivity contribution in [3.8, 4) is 5.75 Å². The molecule has 0 aliphatic carbocycles. The molecule has 1 atom stereocenters. The van der Waals surface area contributed by atoms with Crippen LogP contribution >= 0.6 is 15.9 Å². The lowest BCUT2D eigenvalue weighted by Crippen LogP contribution is -2.20. The molecule has 112 valence electrons. The van der Waals surface area contributed by atoms with Gasteiger partial charge in [0, 0.05) is 29.8 Å². The Bertz CT molecular complexity index is 596. The maximum Gasteiger partial charge on any atom is 0.118 e. The minimum absolute atomic E-state index is 0.00594. The molecular weight excluding hydrogens is 328 g/mol. The molecule has 2 aromatic carbocycles. The van der Waals surface area contributed by atoms with E-state index < -0.39 is 0 Å². The lowest BCUT2D eigenvalue weighted by Gasteiger charge is -2.24. The molecule has 21 heavy (non-hydrogen) atoms. The first kappa shape index (κ1) is 15.9. The Morgan fingerprint density at radius 2 is 1.86 bits per heavy atom. The van der Waals surface area contributed by atoms with E-state index in [0.29, 0.717) is 0 Å². The topological polar surface area (TPSA) is 38.5 Å². The summed E-state index contributed by atoms with van der Waals surface area (Å²) in [5.74, 6) is 0.875. The Labute approximate surface area is 134 Å². The molecule has 0 aliphatic rings. The van der Waals surface area contributed by atoms with Crippen LogP contribution in [0, 0.1) is 0 Å². The van der Waals surface area contributed by atoms with Crippen molar-refractivity contribution in [3.63, 3.8) is 0 Å². The SMILES string of the molecule is COc1ccc(CN(C)c2cc(Br)ccc2C(C)N)cc1. The van der Waals surface area contributed by atoms with Gasteiger partial charge < -0.3 is 15.4 Å². The maximum absolute atomic E-state index is 6.08. The normalized spacial score (nSPS) is 12.0. The standard InChI is InChI=1S/C17H21BrN2O/c1-12(19)16-9-6-14(18)10-17(16)20(2)11-13-4-7-15(21-3)8-5-13/h4-10,12H,11,19H2,1-3H3. The van der Waals surface area contributed by atoms with Gasteiger partial charge in [-0.2, -0.15) is 0 Å². The number of hydrogen-bond donors (Lipinski definition) is 1. The first-order chi connectivity index (χ1) is 10.0. The van der Waals surface area contributed by atoms with Gasteiger partial charge in [0.05, 0.1) is 7.11 Å². The quantitative estimate of drug-likeness (QED) is 0.883. The largest absolute Gasteiger partial charge is 0.497 e. The number of hydrogen-bond acceptors (Lipinski definition) is 3. The Hall–Kier alpha value is -1.52. The first-order valence-electron chi connectivity index (χ1n) is 6.90. The van der Waals surface area contributed by atoms with E-state index >= 15 is 0 Å². The average molecular weight is 349 g/mol. The zero-order valence-corrected chi connectivity index (χ0v) is 14.2. The zero-order valence-electron chi connectivity index (χ0n) is 12.6. The Kier molecular flexibility index (Phi) is 5.26. The van der Waals surface area contributed by atoms with E-state index in [1.807, 2.05) is 25.1 Å². The van der Waals surface area contributed by atoms with Crippen molar-refractivity contribution in [2.75, 3.05) is 19.1 Å². The number of halogens is 1. The smallest absolute Gasteiger partial charge is 0.118 e. The van der Waals surface area contributed by atoms with Crippen LogP contribution in [0.2, 0.25) is 0 Å². The van der Waals surface area contributed by atoms with Crippen LogP contribution in [0.1, 0.15) is 24.1 Å². The molecule has 0 aliphatic heterocycles. The fourth-order valence-electron chi connectivity index (χ4n) is 2.32. The molecule has 0 aromatic heterocycles. The summed E-state index contributed by atoms with van der Waals surface area (Å²) in [7, 11) is 3.76. The van der Waals surface area contributed by atoms with Gasteiger partial charge in [-0.05, 0) is 42.3 Å². The van der Waals surface area contributed by atoms with E-state index in [0.717, 1.165) is 28.0 Å². The van der Waals surface area contributed by atoms with E-state index in [9.17, 15) is 0 Å². The first-order valence-corrected chi connectivity index (χ1v) is 7.69. The van der Waals surface area contributed by atoms with Crippen molar-refractivity contribution in [3.05, 3.63) is 58.1 Å². The predicted molar refractivity (Wildman–Crippen MR) is 91.8 cm³/mol. The van der Waals surface area contributed by atoms with Crippen LogP contribution in [0.3, 0.4) is 0 Å². The van der Waals surface area contributed by atoms with Crippen LogP contribution in [0.5, 0.6) is 5.75 Å². The lowest BCUT2D eigenvalue weighted by atomic mass is 10.1. The summed E-state index contributed by atoms with van der Waals surface area (Å²) in [4.78, 5) is 2.21. The van der Waals surface area contributed by atoms with Gasteiger partial charge in [-0.25, -0.2) is 0 Å². The van der Waals surface area contributed by atoms with Gasteiger partial charge in [-0.1, -0.05) is 34.1 Å². The number of nitrogens with zero attached hydrogens (tertiary/aromatic N) is 1. The van der Waals surface area contributed by atoms with Crippen molar-refractivity contribution in [1.29, 1.82) is 0 Å². The third kappa shape index (κ3) is 3.99. The summed E-state index contributed by atoms with van der Waals surface area (Å²) >= 11 is 3.53. The molecule has 0 amide bonds. The molecular formula is C17H21BrN2O. The summed E-state index contributed by atoms with van der Waals surface area (Å²) in [6, 6.07) is 14.4. The summed E-state index contributed by atoms with van der Waals surface area (Å²) in [5, 5.41) is 0. The number of rotatable bonds is 5. The number of nitrogens with two attached hydrogens (primary N) is 1. The number of anilines is 1. The lowest BCUT2D eigenvalue weighted by molar-refractivity contribution is 0.414. The second-order valence-electron chi connectivity index (χ2n) is 5.20.